The fourth-order valence-corrected chi connectivity index (χ4v) is 3.07. The number of imidazole rings is 1. The molecule has 6 nitrogen and oxygen atoms in total. The first-order chi connectivity index (χ1) is 13.0. The molecule has 0 bridgehead atoms. The Kier molecular flexibility index (Phi) is 4.59. The molecular formula is C19H14Cl2N4O2. The Hall–Kier alpha value is -2.83. The average molecular weight is 401 g/mol. The minimum absolute atomic E-state index is 0.347. The Morgan fingerprint density at radius 3 is 2.85 bits per heavy atom. The Bertz CT molecular complexity index is 1160. The van der Waals surface area contributed by atoms with E-state index in [2.05, 4.69) is 20.3 Å². The maximum Gasteiger partial charge on any atom is 0.412 e. The molecule has 0 fully saturated rings. The van der Waals surface area contributed by atoms with E-state index in [0.717, 1.165) is 21.9 Å². The van der Waals surface area contributed by atoms with Crippen LogP contribution in [-0.4, -0.2) is 21.0 Å². The number of ether oxygens (including phenoxy) is 1. The molecule has 1 atom stereocenters. The summed E-state index contributed by atoms with van der Waals surface area (Å²) < 4.78 is 5.42. The lowest BCUT2D eigenvalue weighted by Gasteiger charge is -2.12. The van der Waals surface area contributed by atoms with Gasteiger partial charge in [0.2, 0.25) is 0 Å². The molecule has 8 heteroatoms. The first-order valence-electron chi connectivity index (χ1n) is 8.17. The van der Waals surface area contributed by atoms with Gasteiger partial charge in [0.25, 0.3) is 0 Å². The van der Waals surface area contributed by atoms with Crippen LogP contribution in [0, 0.1) is 0 Å². The largest absolute Gasteiger partial charge is 0.438 e. The van der Waals surface area contributed by atoms with Crippen LogP contribution < -0.4 is 5.32 Å². The van der Waals surface area contributed by atoms with Crippen LogP contribution in [0.2, 0.25) is 10.0 Å². The van der Waals surface area contributed by atoms with Gasteiger partial charge in [-0.3, -0.25) is 10.3 Å². The maximum atomic E-state index is 12.2. The highest BCUT2D eigenvalue weighted by atomic mass is 35.5. The number of aromatic amines is 1. The standard InChI is InChI=1S/C19H14Cl2N4O2/c1-10(27-19(26)23-11-4-5-13(20)14(21)9-11)18-24-16-7-6-15-12(17(16)25-18)3-2-8-22-15/h2-10H,1H3,(H,23,26)(H,24,25). The monoisotopic (exact) mass is 400 g/mol. The van der Waals surface area contributed by atoms with Crippen LogP contribution in [0.3, 0.4) is 0 Å². The number of halogens is 2. The average Bonchev–Trinajstić information content (AvgIpc) is 3.10. The third-order valence-electron chi connectivity index (χ3n) is 4.09. The molecule has 2 aromatic heterocycles. The summed E-state index contributed by atoms with van der Waals surface area (Å²) in [6.45, 7) is 1.74. The molecule has 136 valence electrons. The van der Waals surface area contributed by atoms with Crippen LogP contribution >= 0.6 is 23.2 Å². The number of benzene rings is 2. The van der Waals surface area contributed by atoms with Crippen molar-refractivity contribution in [3.8, 4) is 0 Å². The number of rotatable bonds is 3. The quantitative estimate of drug-likeness (QED) is 0.460. The number of amides is 1. The molecule has 0 aliphatic carbocycles. The van der Waals surface area contributed by atoms with Gasteiger partial charge in [0.15, 0.2) is 6.10 Å². The number of fused-ring (bicyclic) bond motifs is 3. The van der Waals surface area contributed by atoms with Gasteiger partial charge < -0.3 is 9.72 Å². The van der Waals surface area contributed by atoms with Crippen LogP contribution in [-0.2, 0) is 4.74 Å². The number of hydrogen-bond acceptors (Lipinski definition) is 4. The number of H-pyrrole nitrogens is 1. The molecule has 27 heavy (non-hydrogen) atoms. The van der Waals surface area contributed by atoms with Gasteiger partial charge in [0, 0.05) is 17.3 Å². The highest BCUT2D eigenvalue weighted by Gasteiger charge is 2.17. The number of anilines is 1. The van der Waals surface area contributed by atoms with Gasteiger partial charge in [0.05, 0.1) is 26.6 Å². The van der Waals surface area contributed by atoms with E-state index in [1.807, 2.05) is 24.3 Å². The summed E-state index contributed by atoms with van der Waals surface area (Å²) in [5.74, 6) is 0.547. The number of carbonyl (C=O) groups is 1. The summed E-state index contributed by atoms with van der Waals surface area (Å²) in [5, 5.41) is 4.31. The van der Waals surface area contributed by atoms with Crippen LogP contribution in [0.15, 0.2) is 48.7 Å². The first-order valence-corrected chi connectivity index (χ1v) is 8.93. The summed E-state index contributed by atoms with van der Waals surface area (Å²) in [5.41, 5.74) is 2.99. The predicted octanol–water partition coefficient (Wildman–Crippen LogP) is 5.73. The van der Waals surface area contributed by atoms with E-state index in [1.54, 1.807) is 31.3 Å². The number of pyridine rings is 1. The molecule has 1 unspecified atom stereocenters. The van der Waals surface area contributed by atoms with Crippen LogP contribution in [0.5, 0.6) is 0 Å². The van der Waals surface area contributed by atoms with Gasteiger partial charge in [-0.2, -0.15) is 0 Å². The smallest absolute Gasteiger partial charge is 0.412 e. The molecular weight excluding hydrogens is 387 g/mol. The number of aromatic nitrogens is 3. The molecule has 0 spiro atoms. The number of nitrogens with one attached hydrogen (secondary N) is 2. The molecule has 4 rings (SSSR count). The van der Waals surface area contributed by atoms with Crippen molar-refractivity contribution in [2.75, 3.05) is 5.32 Å². The van der Waals surface area contributed by atoms with E-state index < -0.39 is 12.2 Å². The SMILES string of the molecule is CC(OC(=O)Nc1ccc(Cl)c(Cl)c1)c1nc2c(ccc3ncccc32)[nH]1. The van der Waals surface area contributed by atoms with Crippen LogP contribution in [0.25, 0.3) is 21.9 Å². The van der Waals surface area contributed by atoms with Crippen molar-refractivity contribution >= 4 is 56.9 Å². The predicted molar refractivity (Wildman–Crippen MR) is 106 cm³/mol. The van der Waals surface area contributed by atoms with Gasteiger partial charge in [-0.05, 0) is 49.4 Å². The molecule has 4 aromatic rings. The van der Waals surface area contributed by atoms with Gasteiger partial charge in [-0.15, -0.1) is 0 Å². The Balaban J connectivity index is 1.53. The van der Waals surface area contributed by atoms with Gasteiger partial charge in [-0.25, -0.2) is 9.78 Å². The highest BCUT2D eigenvalue weighted by molar-refractivity contribution is 6.42. The van der Waals surface area contributed by atoms with E-state index in [4.69, 9.17) is 27.9 Å². The lowest BCUT2D eigenvalue weighted by Crippen LogP contribution is -2.16. The zero-order valence-electron chi connectivity index (χ0n) is 14.2. The van der Waals surface area contributed by atoms with Gasteiger partial charge in [-0.1, -0.05) is 23.2 Å². The van der Waals surface area contributed by atoms with Crippen molar-refractivity contribution < 1.29 is 9.53 Å². The third-order valence-corrected chi connectivity index (χ3v) is 4.83. The molecule has 2 N–H and O–H groups in total. The highest BCUT2D eigenvalue weighted by Crippen LogP contribution is 2.27. The Morgan fingerprint density at radius 1 is 1.19 bits per heavy atom. The van der Waals surface area contributed by atoms with Crippen molar-refractivity contribution in [1.82, 2.24) is 15.0 Å². The minimum Gasteiger partial charge on any atom is -0.438 e. The summed E-state index contributed by atoms with van der Waals surface area (Å²) in [6, 6.07) is 12.4. The van der Waals surface area contributed by atoms with Crippen molar-refractivity contribution in [2.24, 2.45) is 0 Å². The zero-order chi connectivity index (χ0) is 19.0. The van der Waals surface area contributed by atoms with Crippen molar-refractivity contribution in [2.45, 2.75) is 13.0 Å². The second kappa shape index (κ2) is 7.06. The maximum absolute atomic E-state index is 12.2. The minimum atomic E-state index is -0.618. The normalized spacial score (nSPS) is 12.3. The second-order valence-electron chi connectivity index (χ2n) is 5.96. The molecule has 0 radical (unpaired) electrons. The number of nitrogens with zero attached hydrogens (tertiary/aromatic N) is 2. The van der Waals surface area contributed by atoms with Crippen molar-refractivity contribution in [3.63, 3.8) is 0 Å². The molecule has 2 aromatic carbocycles. The van der Waals surface area contributed by atoms with E-state index in [0.29, 0.717) is 21.6 Å². The summed E-state index contributed by atoms with van der Waals surface area (Å²) in [7, 11) is 0. The molecule has 0 saturated heterocycles. The second-order valence-corrected chi connectivity index (χ2v) is 6.77. The third kappa shape index (κ3) is 3.54. The summed E-state index contributed by atoms with van der Waals surface area (Å²) >= 11 is 11.8. The summed E-state index contributed by atoms with van der Waals surface area (Å²) in [6.07, 6.45) is 0.542. The van der Waals surface area contributed by atoms with Crippen LogP contribution in [0.4, 0.5) is 10.5 Å². The first kappa shape index (κ1) is 17.6. The Morgan fingerprint density at radius 2 is 2.04 bits per heavy atom. The van der Waals surface area contributed by atoms with Gasteiger partial charge >= 0.3 is 6.09 Å². The molecule has 0 aliphatic heterocycles. The van der Waals surface area contributed by atoms with Gasteiger partial charge in [0.1, 0.15) is 5.82 Å². The Labute approximate surface area is 164 Å². The van der Waals surface area contributed by atoms with E-state index in [-0.39, 0.29) is 0 Å². The fraction of sp³-hybridized carbons (Fsp3) is 0.105. The topological polar surface area (TPSA) is 79.9 Å². The number of hydrogen-bond donors (Lipinski definition) is 2. The molecule has 0 aliphatic rings. The molecule has 1 amide bonds. The van der Waals surface area contributed by atoms with E-state index in [9.17, 15) is 4.79 Å². The molecule has 2 heterocycles. The van der Waals surface area contributed by atoms with Crippen molar-refractivity contribution in [3.05, 3.63) is 64.5 Å². The summed E-state index contributed by atoms with van der Waals surface area (Å²) in [4.78, 5) is 24.3. The zero-order valence-corrected chi connectivity index (χ0v) is 15.7. The lowest BCUT2D eigenvalue weighted by molar-refractivity contribution is 0.117. The molecule has 0 saturated carbocycles. The van der Waals surface area contributed by atoms with Crippen molar-refractivity contribution in [1.29, 1.82) is 0 Å². The van der Waals surface area contributed by atoms with E-state index >= 15 is 0 Å². The fourth-order valence-electron chi connectivity index (χ4n) is 2.77. The lowest BCUT2D eigenvalue weighted by atomic mass is 10.2. The van der Waals surface area contributed by atoms with Crippen LogP contribution in [0.1, 0.15) is 18.9 Å². The number of carbonyl (C=O) groups excluding carboxylic acids is 1. The van der Waals surface area contributed by atoms with E-state index in [1.165, 1.54) is 0 Å².